The SMILES string of the molecule is Fc1cccc(F)c1O[C@H](C1=CCCC1)N1CCOCC1. The monoisotopic (exact) mass is 295 g/mol. The van der Waals surface area contributed by atoms with E-state index in [2.05, 4.69) is 11.0 Å². The Balaban J connectivity index is 1.84. The zero-order valence-electron chi connectivity index (χ0n) is 11.9. The van der Waals surface area contributed by atoms with E-state index in [1.807, 2.05) is 0 Å². The third kappa shape index (κ3) is 3.24. The van der Waals surface area contributed by atoms with E-state index >= 15 is 0 Å². The first-order valence-electron chi connectivity index (χ1n) is 7.37. The number of hydrogen-bond acceptors (Lipinski definition) is 3. The van der Waals surface area contributed by atoms with Crippen LogP contribution in [0.3, 0.4) is 0 Å². The van der Waals surface area contributed by atoms with Gasteiger partial charge in [0.1, 0.15) is 0 Å². The van der Waals surface area contributed by atoms with Crippen molar-refractivity contribution in [3.05, 3.63) is 41.5 Å². The molecular weight excluding hydrogens is 276 g/mol. The number of halogens is 2. The Labute approximate surface area is 123 Å². The van der Waals surface area contributed by atoms with Crippen molar-refractivity contribution in [2.75, 3.05) is 26.3 Å². The number of benzene rings is 1. The Hall–Kier alpha value is -1.46. The lowest BCUT2D eigenvalue weighted by atomic mass is 10.1. The van der Waals surface area contributed by atoms with E-state index in [1.54, 1.807) is 0 Å². The zero-order chi connectivity index (χ0) is 14.7. The van der Waals surface area contributed by atoms with Crippen molar-refractivity contribution in [3.63, 3.8) is 0 Å². The molecule has 2 aliphatic rings. The summed E-state index contributed by atoms with van der Waals surface area (Å²) in [6.07, 6.45) is 4.71. The molecule has 1 aromatic rings. The molecule has 0 amide bonds. The number of ether oxygens (including phenoxy) is 2. The Kier molecular flexibility index (Phi) is 4.51. The maximum atomic E-state index is 13.8. The van der Waals surface area contributed by atoms with E-state index in [4.69, 9.17) is 9.47 Å². The van der Waals surface area contributed by atoms with Crippen LogP contribution in [0.4, 0.5) is 8.78 Å². The van der Waals surface area contributed by atoms with Crippen LogP contribution in [0.5, 0.6) is 5.75 Å². The third-order valence-corrected chi connectivity index (χ3v) is 3.92. The number of rotatable bonds is 4. The molecule has 0 bridgehead atoms. The topological polar surface area (TPSA) is 21.7 Å². The summed E-state index contributed by atoms with van der Waals surface area (Å²) >= 11 is 0. The molecule has 1 fully saturated rings. The molecule has 0 unspecified atom stereocenters. The van der Waals surface area contributed by atoms with Crippen molar-refractivity contribution in [2.45, 2.75) is 25.5 Å². The molecule has 5 heteroatoms. The fourth-order valence-corrected chi connectivity index (χ4v) is 2.82. The Morgan fingerprint density at radius 2 is 1.86 bits per heavy atom. The number of para-hydroxylation sites is 1. The molecule has 3 nitrogen and oxygen atoms in total. The number of hydrogen-bond donors (Lipinski definition) is 0. The van der Waals surface area contributed by atoms with Gasteiger partial charge in [0.2, 0.25) is 0 Å². The molecule has 3 rings (SSSR count). The quantitative estimate of drug-likeness (QED) is 0.797. The minimum Gasteiger partial charge on any atom is -0.465 e. The van der Waals surface area contributed by atoms with Crippen LogP contribution in [0.15, 0.2) is 29.8 Å². The molecule has 0 radical (unpaired) electrons. The zero-order valence-corrected chi connectivity index (χ0v) is 11.9. The Morgan fingerprint density at radius 3 is 2.48 bits per heavy atom. The standard InChI is InChI=1S/C16H19F2NO2/c17-13-6-3-7-14(18)15(13)21-16(12-4-1-2-5-12)19-8-10-20-11-9-19/h3-4,6-7,16H,1-2,5,8-11H2/t16-/m1/s1. The molecule has 0 spiro atoms. The molecule has 1 aliphatic heterocycles. The molecule has 1 aromatic carbocycles. The van der Waals surface area contributed by atoms with Gasteiger partial charge in [-0.05, 0) is 37.0 Å². The predicted octanol–water partition coefficient (Wildman–Crippen LogP) is 3.11. The lowest BCUT2D eigenvalue weighted by Gasteiger charge is -2.35. The van der Waals surface area contributed by atoms with Gasteiger partial charge >= 0.3 is 0 Å². The fraction of sp³-hybridized carbons (Fsp3) is 0.500. The summed E-state index contributed by atoms with van der Waals surface area (Å²) in [5.74, 6) is -1.61. The van der Waals surface area contributed by atoms with Gasteiger partial charge in [0, 0.05) is 13.1 Å². The maximum Gasteiger partial charge on any atom is 0.193 e. The largest absolute Gasteiger partial charge is 0.465 e. The highest BCUT2D eigenvalue weighted by molar-refractivity contribution is 5.28. The summed E-state index contributed by atoms with van der Waals surface area (Å²) in [4.78, 5) is 2.09. The average molecular weight is 295 g/mol. The first kappa shape index (κ1) is 14.5. The van der Waals surface area contributed by atoms with Gasteiger partial charge in [-0.2, -0.15) is 0 Å². The fourth-order valence-electron chi connectivity index (χ4n) is 2.82. The smallest absolute Gasteiger partial charge is 0.193 e. The molecule has 1 aliphatic carbocycles. The van der Waals surface area contributed by atoms with Crippen molar-refractivity contribution >= 4 is 0 Å². The minimum absolute atomic E-state index is 0.290. The van der Waals surface area contributed by atoms with E-state index in [9.17, 15) is 8.78 Å². The molecule has 114 valence electrons. The first-order valence-corrected chi connectivity index (χ1v) is 7.37. The third-order valence-electron chi connectivity index (χ3n) is 3.92. The summed E-state index contributed by atoms with van der Waals surface area (Å²) in [5, 5.41) is 0. The molecule has 0 N–H and O–H groups in total. The number of nitrogens with zero attached hydrogens (tertiary/aromatic N) is 1. The van der Waals surface area contributed by atoms with E-state index in [-0.39, 0.29) is 5.75 Å². The van der Waals surface area contributed by atoms with Crippen LogP contribution in [0.2, 0.25) is 0 Å². The van der Waals surface area contributed by atoms with Gasteiger partial charge < -0.3 is 9.47 Å². The van der Waals surface area contributed by atoms with Gasteiger partial charge in [0.15, 0.2) is 23.6 Å². The van der Waals surface area contributed by atoms with Crippen molar-refractivity contribution < 1.29 is 18.3 Å². The highest BCUT2D eigenvalue weighted by Gasteiger charge is 2.29. The van der Waals surface area contributed by atoms with Gasteiger partial charge in [0.25, 0.3) is 0 Å². The van der Waals surface area contributed by atoms with Gasteiger partial charge in [-0.1, -0.05) is 12.1 Å². The van der Waals surface area contributed by atoms with E-state index in [1.165, 1.54) is 18.2 Å². The van der Waals surface area contributed by atoms with Crippen molar-refractivity contribution in [2.24, 2.45) is 0 Å². The van der Waals surface area contributed by atoms with E-state index < -0.39 is 17.9 Å². The van der Waals surface area contributed by atoms with Crippen LogP contribution in [0.25, 0.3) is 0 Å². The molecular formula is C16H19F2NO2. The van der Waals surface area contributed by atoms with Crippen LogP contribution < -0.4 is 4.74 Å². The van der Waals surface area contributed by atoms with Crippen LogP contribution in [-0.2, 0) is 4.74 Å². The van der Waals surface area contributed by atoms with Crippen molar-refractivity contribution in [1.29, 1.82) is 0 Å². The van der Waals surface area contributed by atoms with Crippen LogP contribution in [0.1, 0.15) is 19.3 Å². The summed E-state index contributed by atoms with van der Waals surface area (Å²) < 4.78 is 38.8. The van der Waals surface area contributed by atoms with Crippen molar-refractivity contribution in [3.8, 4) is 5.75 Å². The van der Waals surface area contributed by atoms with Crippen LogP contribution in [-0.4, -0.2) is 37.4 Å². The second kappa shape index (κ2) is 6.54. The molecule has 0 aromatic heterocycles. The van der Waals surface area contributed by atoms with E-state index in [0.717, 1.165) is 24.8 Å². The maximum absolute atomic E-state index is 13.8. The second-order valence-electron chi connectivity index (χ2n) is 5.34. The molecule has 1 saturated heterocycles. The van der Waals surface area contributed by atoms with Crippen molar-refractivity contribution in [1.82, 2.24) is 4.90 Å². The highest BCUT2D eigenvalue weighted by atomic mass is 19.1. The van der Waals surface area contributed by atoms with Crippen LogP contribution in [0, 0.1) is 11.6 Å². The summed E-state index contributed by atoms with van der Waals surface area (Å²) in [7, 11) is 0. The van der Waals surface area contributed by atoms with Gasteiger partial charge in [-0.15, -0.1) is 0 Å². The first-order chi connectivity index (χ1) is 10.3. The minimum atomic E-state index is -0.660. The number of morpholine rings is 1. The average Bonchev–Trinajstić information content (AvgIpc) is 3.02. The van der Waals surface area contributed by atoms with Gasteiger partial charge in [-0.25, -0.2) is 8.78 Å². The summed E-state index contributed by atoms with van der Waals surface area (Å²) in [6, 6.07) is 3.78. The van der Waals surface area contributed by atoms with Gasteiger partial charge in [-0.3, -0.25) is 4.90 Å². The second-order valence-corrected chi connectivity index (χ2v) is 5.34. The number of allylic oxidation sites excluding steroid dienone is 1. The van der Waals surface area contributed by atoms with Crippen LogP contribution >= 0.6 is 0 Å². The normalized spacial score (nSPS) is 21.1. The summed E-state index contributed by atoms with van der Waals surface area (Å²) in [5.41, 5.74) is 1.11. The Morgan fingerprint density at radius 1 is 1.14 bits per heavy atom. The highest BCUT2D eigenvalue weighted by Crippen LogP contribution is 2.30. The lowest BCUT2D eigenvalue weighted by molar-refractivity contribution is -0.0329. The molecule has 1 atom stereocenters. The van der Waals surface area contributed by atoms with E-state index in [0.29, 0.717) is 26.3 Å². The lowest BCUT2D eigenvalue weighted by Crippen LogP contribution is -2.47. The molecule has 1 heterocycles. The Bertz CT molecular complexity index is 507. The van der Waals surface area contributed by atoms with Gasteiger partial charge in [0.05, 0.1) is 13.2 Å². The summed E-state index contributed by atoms with van der Waals surface area (Å²) in [6.45, 7) is 2.65. The predicted molar refractivity (Wildman–Crippen MR) is 75.1 cm³/mol. The molecule has 0 saturated carbocycles. The molecule has 21 heavy (non-hydrogen) atoms.